The molecular formula is C18H16F3N5O. The molecule has 0 unspecified atom stereocenters. The Kier molecular flexibility index (Phi) is 5.22. The predicted octanol–water partition coefficient (Wildman–Crippen LogP) is 2.73. The molecule has 2 heterocycles. The Balaban J connectivity index is 2.23. The molecule has 0 aliphatic heterocycles. The molecule has 9 heteroatoms. The summed E-state index contributed by atoms with van der Waals surface area (Å²) in [5.41, 5.74) is 4.22. The Bertz CT molecular complexity index is 1030. The highest BCUT2D eigenvalue weighted by Crippen LogP contribution is 2.32. The standard InChI is InChI=1S/C18H16F3N5O/c19-18(20,21)12-5-6-14-15(10-12)26(13-4-3-8-23-11-13)17(27)25-16(14)24-9-2-1-7-22/h1-6,8,10-11H,7,9,22H2,(H,24,25,27). The topological polar surface area (TPSA) is 85.8 Å². The van der Waals surface area contributed by atoms with Gasteiger partial charge in [0.1, 0.15) is 5.82 Å². The first kappa shape index (κ1) is 18.6. The van der Waals surface area contributed by atoms with Gasteiger partial charge in [-0.25, -0.2) is 4.79 Å². The Morgan fingerprint density at radius 3 is 2.70 bits per heavy atom. The molecule has 6 nitrogen and oxygen atoms in total. The van der Waals surface area contributed by atoms with Crippen LogP contribution in [-0.2, 0) is 6.18 Å². The summed E-state index contributed by atoms with van der Waals surface area (Å²) in [7, 11) is 0. The number of hydrogen-bond donors (Lipinski definition) is 2. The van der Waals surface area contributed by atoms with E-state index < -0.39 is 17.4 Å². The van der Waals surface area contributed by atoms with Crippen molar-refractivity contribution in [2.75, 3.05) is 18.4 Å². The van der Waals surface area contributed by atoms with Crippen LogP contribution in [-0.4, -0.2) is 27.6 Å². The zero-order valence-electron chi connectivity index (χ0n) is 14.1. The average molecular weight is 375 g/mol. The van der Waals surface area contributed by atoms with E-state index >= 15 is 0 Å². The lowest BCUT2D eigenvalue weighted by atomic mass is 10.1. The summed E-state index contributed by atoms with van der Waals surface area (Å²) >= 11 is 0. The van der Waals surface area contributed by atoms with Crippen LogP contribution in [0.1, 0.15) is 5.56 Å². The van der Waals surface area contributed by atoms with Gasteiger partial charge in [0, 0.05) is 24.7 Å². The van der Waals surface area contributed by atoms with Crippen molar-refractivity contribution in [2.45, 2.75) is 6.18 Å². The molecule has 3 aromatic rings. The normalized spacial score (nSPS) is 12.0. The van der Waals surface area contributed by atoms with Gasteiger partial charge in [0.25, 0.3) is 0 Å². The molecule has 0 fully saturated rings. The van der Waals surface area contributed by atoms with Gasteiger partial charge < -0.3 is 11.1 Å². The van der Waals surface area contributed by atoms with Gasteiger partial charge in [-0.3, -0.25) is 9.55 Å². The number of pyridine rings is 1. The summed E-state index contributed by atoms with van der Waals surface area (Å²) in [5, 5.41) is 3.32. The number of nitrogens with one attached hydrogen (secondary N) is 1. The van der Waals surface area contributed by atoms with Crippen LogP contribution in [0.3, 0.4) is 0 Å². The van der Waals surface area contributed by atoms with E-state index in [-0.39, 0.29) is 11.3 Å². The van der Waals surface area contributed by atoms with Crippen LogP contribution in [0.4, 0.5) is 19.0 Å². The van der Waals surface area contributed by atoms with Crippen LogP contribution >= 0.6 is 0 Å². The molecule has 0 atom stereocenters. The fourth-order valence-electron chi connectivity index (χ4n) is 2.61. The Hall–Kier alpha value is -3.20. The van der Waals surface area contributed by atoms with Crippen molar-refractivity contribution in [3.05, 3.63) is 70.9 Å². The maximum absolute atomic E-state index is 13.2. The molecule has 0 amide bonds. The third kappa shape index (κ3) is 3.98. The van der Waals surface area contributed by atoms with Gasteiger partial charge in [-0.05, 0) is 30.3 Å². The summed E-state index contributed by atoms with van der Waals surface area (Å²) in [6.07, 6.45) is 1.81. The van der Waals surface area contributed by atoms with E-state index in [2.05, 4.69) is 15.3 Å². The zero-order valence-corrected chi connectivity index (χ0v) is 14.1. The fourth-order valence-corrected chi connectivity index (χ4v) is 2.61. The molecule has 0 spiro atoms. The van der Waals surface area contributed by atoms with Crippen molar-refractivity contribution in [2.24, 2.45) is 5.73 Å². The molecule has 0 saturated carbocycles. The molecule has 27 heavy (non-hydrogen) atoms. The van der Waals surface area contributed by atoms with Gasteiger partial charge in [0.05, 0.1) is 23.0 Å². The number of aromatic nitrogens is 3. The number of alkyl halides is 3. The minimum atomic E-state index is -4.54. The third-order valence-corrected chi connectivity index (χ3v) is 3.81. The van der Waals surface area contributed by atoms with E-state index in [4.69, 9.17) is 5.73 Å². The van der Waals surface area contributed by atoms with Crippen LogP contribution in [0.25, 0.3) is 16.6 Å². The van der Waals surface area contributed by atoms with Crippen molar-refractivity contribution in [1.29, 1.82) is 0 Å². The molecule has 3 N–H and O–H groups in total. The van der Waals surface area contributed by atoms with Crippen molar-refractivity contribution in [3.8, 4) is 5.69 Å². The van der Waals surface area contributed by atoms with Crippen LogP contribution < -0.4 is 16.7 Å². The zero-order chi connectivity index (χ0) is 19.4. The molecule has 1 aromatic carbocycles. The fraction of sp³-hybridized carbons (Fsp3) is 0.167. The Morgan fingerprint density at radius 1 is 1.22 bits per heavy atom. The average Bonchev–Trinajstić information content (AvgIpc) is 2.64. The van der Waals surface area contributed by atoms with E-state index in [0.717, 1.165) is 16.7 Å². The number of nitrogens with two attached hydrogens (primary N) is 1. The van der Waals surface area contributed by atoms with Gasteiger partial charge in [-0.1, -0.05) is 12.2 Å². The summed E-state index contributed by atoms with van der Waals surface area (Å²) in [5.74, 6) is 0.200. The van der Waals surface area contributed by atoms with E-state index in [0.29, 0.717) is 24.2 Å². The summed E-state index contributed by atoms with van der Waals surface area (Å²) < 4.78 is 40.7. The summed E-state index contributed by atoms with van der Waals surface area (Å²) in [4.78, 5) is 20.5. The number of fused-ring (bicyclic) bond motifs is 1. The number of rotatable bonds is 5. The van der Waals surface area contributed by atoms with E-state index in [1.165, 1.54) is 18.5 Å². The smallest absolute Gasteiger partial charge is 0.366 e. The molecule has 3 rings (SSSR count). The molecule has 2 aromatic heterocycles. The van der Waals surface area contributed by atoms with Crippen LogP contribution in [0.2, 0.25) is 0 Å². The minimum Gasteiger partial charge on any atom is -0.366 e. The maximum Gasteiger partial charge on any atom is 0.416 e. The van der Waals surface area contributed by atoms with Gasteiger partial charge in [-0.2, -0.15) is 18.2 Å². The molecule has 0 bridgehead atoms. The van der Waals surface area contributed by atoms with E-state index in [9.17, 15) is 18.0 Å². The largest absolute Gasteiger partial charge is 0.416 e. The second-order valence-electron chi connectivity index (χ2n) is 5.61. The molecule has 0 aliphatic carbocycles. The number of hydrogen-bond acceptors (Lipinski definition) is 5. The molecule has 0 aliphatic rings. The Morgan fingerprint density at radius 2 is 2.04 bits per heavy atom. The first-order valence-corrected chi connectivity index (χ1v) is 8.05. The van der Waals surface area contributed by atoms with E-state index in [1.54, 1.807) is 24.3 Å². The number of anilines is 1. The van der Waals surface area contributed by atoms with Crippen molar-refractivity contribution < 1.29 is 13.2 Å². The molecule has 0 radical (unpaired) electrons. The van der Waals surface area contributed by atoms with Crippen molar-refractivity contribution >= 4 is 16.7 Å². The van der Waals surface area contributed by atoms with Crippen molar-refractivity contribution in [1.82, 2.24) is 14.5 Å². The van der Waals surface area contributed by atoms with Gasteiger partial charge >= 0.3 is 11.9 Å². The van der Waals surface area contributed by atoms with Gasteiger partial charge in [0.15, 0.2) is 0 Å². The van der Waals surface area contributed by atoms with E-state index in [1.807, 2.05) is 0 Å². The number of benzene rings is 1. The van der Waals surface area contributed by atoms with Crippen LogP contribution in [0.15, 0.2) is 59.7 Å². The lowest BCUT2D eigenvalue weighted by molar-refractivity contribution is -0.137. The minimum absolute atomic E-state index is 0.0862. The molecule has 140 valence electrons. The quantitative estimate of drug-likeness (QED) is 0.670. The maximum atomic E-state index is 13.2. The molecular weight excluding hydrogens is 359 g/mol. The second kappa shape index (κ2) is 7.58. The lowest BCUT2D eigenvalue weighted by Crippen LogP contribution is -2.24. The SMILES string of the molecule is NCC=CCNc1nc(=O)n(-c2cccnc2)c2cc(C(F)(F)F)ccc12. The molecule has 0 saturated heterocycles. The Labute approximate surface area is 152 Å². The third-order valence-electron chi connectivity index (χ3n) is 3.81. The summed E-state index contributed by atoms with van der Waals surface area (Å²) in [6, 6.07) is 6.36. The highest BCUT2D eigenvalue weighted by Gasteiger charge is 2.31. The number of nitrogens with zero attached hydrogens (tertiary/aromatic N) is 3. The monoisotopic (exact) mass is 375 g/mol. The second-order valence-corrected chi connectivity index (χ2v) is 5.61. The van der Waals surface area contributed by atoms with Crippen LogP contribution in [0, 0.1) is 0 Å². The first-order chi connectivity index (χ1) is 12.9. The highest BCUT2D eigenvalue weighted by atomic mass is 19.4. The highest BCUT2D eigenvalue weighted by molar-refractivity contribution is 5.90. The first-order valence-electron chi connectivity index (χ1n) is 8.05. The van der Waals surface area contributed by atoms with Gasteiger partial charge in [-0.15, -0.1) is 0 Å². The lowest BCUT2D eigenvalue weighted by Gasteiger charge is -2.15. The summed E-state index contributed by atoms with van der Waals surface area (Å²) in [6.45, 7) is 0.685. The van der Waals surface area contributed by atoms with Gasteiger partial charge in [0.2, 0.25) is 0 Å². The predicted molar refractivity (Wildman–Crippen MR) is 96.8 cm³/mol. The van der Waals surface area contributed by atoms with Crippen LogP contribution in [0.5, 0.6) is 0 Å². The number of halogens is 3. The van der Waals surface area contributed by atoms with Crippen molar-refractivity contribution in [3.63, 3.8) is 0 Å².